The maximum atomic E-state index is 4.63. The number of anilines is 2. The number of aromatic nitrogens is 2. The minimum absolute atomic E-state index is 0.826. The van der Waals surface area contributed by atoms with Crippen LogP contribution in [0.25, 0.3) is 0 Å². The second-order valence-electron chi connectivity index (χ2n) is 5.76. The summed E-state index contributed by atoms with van der Waals surface area (Å²) in [7, 11) is 0. The zero-order chi connectivity index (χ0) is 14.2. The van der Waals surface area contributed by atoms with Gasteiger partial charge in [-0.05, 0) is 31.6 Å². The van der Waals surface area contributed by atoms with Crippen molar-refractivity contribution in [1.29, 1.82) is 0 Å². The van der Waals surface area contributed by atoms with Crippen LogP contribution in [0.4, 0.5) is 11.6 Å². The maximum absolute atomic E-state index is 4.63. The molecule has 2 rings (SSSR count). The Hall–Kier alpha value is -1.32. The molecule has 0 atom stereocenters. The molecule has 2 N–H and O–H groups in total. The summed E-state index contributed by atoms with van der Waals surface area (Å²) < 4.78 is 0. The van der Waals surface area contributed by atoms with Crippen molar-refractivity contribution in [2.75, 3.05) is 23.7 Å². The molecule has 0 saturated heterocycles. The van der Waals surface area contributed by atoms with E-state index in [1.807, 2.05) is 6.07 Å². The van der Waals surface area contributed by atoms with Crippen molar-refractivity contribution in [3.8, 4) is 0 Å². The third-order valence-corrected chi connectivity index (χ3v) is 3.85. The Morgan fingerprint density at radius 3 is 2.40 bits per heavy atom. The highest BCUT2D eigenvalue weighted by Gasteiger charge is 2.15. The summed E-state index contributed by atoms with van der Waals surface area (Å²) in [6.45, 7) is 6.35. The Bertz CT molecular complexity index is 399. The van der Waals surface area contributed by atoms with E-state index < -0.39 is 0 Å². The molecular weight excluding hydrogens is 248 g/mol. The van der Waals surface area contributed by atoms with Gasteiger partial charge in [-0.2, -0.15) is 0 Å². The zero-order valence-corrected chi connectivity index (χ0v) is 12.9. The Morgan fingerprint density at radius 1 is 1.05 bits per heavy atom. The summed E-state index contributed by atoms with van der Waals surface area (Å²) in [5, 5.41) is 6.88. The first kappa shape index (κ1) is 15.1. The second kappa shape index (κ2) is 8.08. The van der Waals surface area contributed by atoms with Crippen molar-refractivity contribution >= 4 is 11.6 Å². The number of rotatable bonds is 8. The molecule has 1 aromatic rings. The van der Waals surface area contributed by atoms with Crippen LogP contribution in [-0.4, -0.2) is 23.1 Å². The van der Waals surface area contributed by atoms with Gasteiger partial charge in [0.25, 0.3) is 0 Å². The molecule has 0 aliphatic heterocycles. The van der Waals surface area contributed by atoms with Crippen LogP contribution in [0.5, 0.6) is 0 Å². The Morgan fingerprint density at radius 2 is 1.75 bits per heavy atom. The van der Waals surface area contributed by atoms with Gasteiger partial charge < -0.3 is 10.6 Å². The van der Waals surface area contributed by atoms with E-state index in [0.717, 1.165) is 55.7 Å². The monoisotopic (exact) mass is 276 g/mol. The topological polar surface area (TPSA) is 49.8 Å². The van der Waals surface area contributed by atoms with Crippen LogP contribution in [0, 0.1) is 5.92 Å². The fraction of sp³-hybridized carbons (Fsp3) is 0.750. The van der Waals surface area contributed by atoms with Gasteiger partial charge in [0.2, 0.25) is 0 Å². The molecule has 0 bridgehead atoms. The van der Waals surface area contributed by atoms with E-state index in [0.29, 0.717) is 0 Å². The molecule has 1 saturated carbocycles. The average Bonchev–Trinajstić information content (AvgIpc) is 2.96. The molecule has 4 heteroatoms. The van der Waals surface area contributed by atoms with Crippen LogP contribution in [0.2, 0.25) is 0 Å². The molecular formula is C16H28N4. The van der Waals surface area contributed by atoms with Crippen LogP contribution >= 0.6 is 0 Å². The Balaban J connectivity index is 1.98. The van der Waals surface area contributed by atoms with Crippen LogP contribution in [0.1, 0.15) is 58.2 Å². The summed E-state index contributed by atoms with van der Waals surface area (Å²) >= 11 is 0. The van der Waals surface area contributed by atoms with E-state index in [9.17, 15) is 0 Å². The Kier molecular flexibility index (Phi) is 6.09. The maximum Gasteiger partial charge on any atom is 0.133 e. The summed E-state index contributed by atoms with van der Waals surface area (Å²) in [4.78, 5) is 9.21. The van der Waals surface area contributed by atoms with Gasteiger partial charge in [-0.25, -0.2) is 9.97 Å². The van der Waals surface area contributed by atoms with Crippen molar-refractivity contribution in [2.24, 2.45) is 5.92 Å². The van der Waals surface area contributed by atoms with Gasteiger partial charge >= 0.3 is 0 Å². The largest absolute Gasteiger partial charge is 0.370 e. The van der Waals surface area contributed by atoms with E-state index in [1.165, 1.54) is 25.7 Å². The normalized spacial score (nSPS) is 15.5. The molecule has 1 fully saturated rings. The van der Waals surface area contributed by atoms with Crippen molar-refractivity contribution in [3.63, 3.8) is 0 Å². The smallest absolute Gasteiger partial charge is 0.133 e. The molecule has 4 nitrogen and oxygen atoms in total. The average molecular weight is 276 g/mol. The predicted molar refractivity (Wildman–Crippen MR) is 85.3 cm³/mol. The predicted octanol–water partition coefficient (Wildman–Crippen LogP) is 3.85. The van der Waals surface area contributed by atoms with Gasteiger partial charge in [0, 0.05) is 25.6 Å². The van der Waals surface area contributed by atoms with Gasteiger partial charge in [0.05, 0.1) is 0 Å². The molecule has 0 unspecified atom stereocenters. The standard InChI is InChI=1S/C16H28N4/c1-3-7-14-19-15(17-10-4-2)11-16(20-14)18-12-13-8-5-6-9-13/h11,13H,3-10,12H2,1-2H3,(H2,17,18,19,20). The first-order valence-electron chi connectivity index (χ1n) is 8.17. The van der Waals surface area contributed by atoms with Gasteiger partial charge in [0.1, 0.15) is 17.5 Å². The molecule has 1 heterocycles. The second-order valence-corrected chi connectivity index (χ2v) is 5.76. The first-order chi connectivity index (χ1) is 9.81. The molecule has 20 heavy (non-hydrogen) atoms. The van der Waals surface area contributed by atoms with E-state index in [-0.39, 0.29) is 0 Å². The summed E-state index contributed by atoms with van der Waals surface area (Å²) in [6.07, 6.45) is 8.64. The van der Waals surface area contributed by atoms with E-state index in [2.05, 4.69) is 34.4 Å². The highest BCUT2D eigenvalue weighted by Crippen LogP contribution is 2.25. The summed E-state index contributed by atoms with van der Waals surface area (Å²) in [5.41, 5.74) is 0. The van der Waals surface area contributed by atoms with Crippen LogP contribution < -0.4 is 10.6 Å². The van der Waals surface area contributed by atoms with Crippen LogP contribution in [0.15, 0.2) is 6.07 Å². The van der Waals surface area contributed by atoms with Gasteiger partial charge in [-0.15, -0.1) is 0 Å². The molecule has 1 aliphatic rings. The summed E-state index contributed by atoms with van der Waals surface area (Å²) in [6, 6.07) is 2.05. The van der Waals surface area contributed by atoms with Crippen LogP contribution in [-0.2, 0) is 6.42 Å². The van der Waals surface area contributed by atoms with Gasteiger partial charge in [-0.3, -0.25) is 0 Å². The minimum Gasteiger partial charge on any atom is -0.370 e. The third kappa shape index (κ3) is 4.66. The SMILES string of the molecule is CCCNc1cc(NCC2CCCC2)nc(CCC)n1. The minimum atomic E-state index is 0.826. The van der Waals surface area contributed by atoms with Crippen molar-refractivity contribution in [2.45, 2.75) is 58.8 Å². The number of hydrogen-bond donors (Lipinski definition) is 2. The first-order valence-corrected chi connectivity index (χ1v) is 8.17. The molecule has 0 radical (unpaired) electrons. The molecule has 0 amide bonds. The lowest BCUT2D eigenvalue weighted by Gasteiger charge is -2.13. The molecule has 0 aromatic carbocycles. The molecule has 1 aliphatic carbocycles. The lowest BCUT2D eigenvalue weighted by Crippen LogP contribution is -2.14. The highest BCUT2D eigenvalue weighted by atomic mass is 15.1. The van der Waals surface area contributed by atoms with Crippen molar-refractivity contribution < 1.29 is 0 Å². The molecule has 112 valence electrons. The highest BCUT2D eigenvalue weighted by molar-refractivity contribution is 5.47. The molecule has 0 spiro atoms. The Labute approximate surface area is 122 Å². The van der Waals surface area contributed by atoms with Gasteiger partial charge in [-0.1, -0.05) is 26.7 Å². The van der Waals surface area contributed by atoms with Gasteiger partial charge in [0.15, 0.2) is 0 Å². The van der Waals surface area contributed by atoms with E-state index in [1.54, 1.807) is 0 Å². The van der Waals surface area contributed by atoms with Crippen LogP contribution in [0.3, 0.4) is 0 Å². The van der Waals surface area contributed by atoms with Crippen molar-refractivity contribution in [1.82, 2.24) is 9.97 Å². The fourth-order valence-corrected chi connectivity index (χ4v) is 2.73. The van der Waals surface area contributed by atoms with E-state index in [4.69, 9.17) is 0 Å². The number of nitrogens with one attached hydrogen (secondary N) is 2. The number of hydrogen-bond acceptors (Lipinski definition) is 4. The quantitative estimate of drug-likeness (QED) is 0.757. The zero-order valence-electron chi connectivity index (χ0n) is 12.9. The third-order valence-electron chi connectivity index (χ3n) is 3.85. The van der Waals surface area contributed by atoms with E-state index >= 15 is 0 Å². The fourth-order valence-electron chi connectivity index (χ4n) is 2.73. The molecule has 1 aromatic heterocycles. The lowest BCUT2D eigenvalue weighted by atomic mass is 10.1. The number of nitrogens with zero attached hydrogens (tertiary/aromatic N) is 2. The lowest BCUT2D eigenvalue weighted by molar-refractivity contribution is 0.578. The number of aryl methyl sites for hydroxylation is 1. The summed E-state index contributed by atoms with van der Waals surface area (Å²) in [5.74, 6) is 3.71. The van der Waals surface area contributed by atoms with Crippen molar-refractivity contribution in [3.05, 3.63) is 11.9 Å².